The summed E-state index contributed by atoms with van der Waals surface area (Å²) in [5, 5.41) is 8.16. The molecule has 0 aliphatic carbocycles. The number of aromatic nitrogens is 4. The molecule has 0 saturated carbocycles. The minimum Gasteiger partial charge on any atom is -0.345 e. The fourth-order valence-electron chi connectivity index (χ4n) is 4.02. The molecule has 3 N–H and O–H groups in total. The van der Waals surface area contributed by atoms with Crippen LogP contribution < -0.4 is 4.72 Å². The molecule has 0 bridgehead atoms. The second kappa shape index (κ2) is 8.58. The third kappa shape index (κ3) is 4.03. The summed E-state index contributed by atoms with van der Waals surface area (Å²) in [4.78, 5) is 20.5. The number of fused-ring (bicyclic) bond motifs is 2. The number of rotatable bonds is 7. The monoisotopic (exact) mass is 495 g/mol. The van der Waals surface area contributed by atoms with Gasteiger partial charge in [0.15, 0.2) is 5.82 Å². The minimum atomic E-state index is -3.85. The van der Waals surface area contributed by atoms with Crippen LogP contribution in [-0.2, 0) is 10.0 Å². The van der Waals surface area contributed by atoms with Crippen molar-refractivity contribution in [3.8, 4) is 11.1 Å². The molecule has 0 aliphatic heterocycles. The predicted molar refractivity (Wildman–Crippen MR) is 129 cm³/mol. The van der Waals surface area contributed by atoms with Gasteiger partial charge in [-0.05, 0) is 36.2 Å². The number of aromatic amines is 2. The molecule has 0 unspecified atom stereocenters. The fourth-order valence-corrected chi connectivity index (χ4v) is 5.15. The summed E-state index contributed by atoms with van der Waals surface area (Å²) in [6.45, 7) is 1.65. The Hall–Kier alpha value is -4.12. The van der Waals surface area contributed by atoms with E-state index in [0.717, 1.165) is 28.6 Å². The fraction of sp³-hybridized carbons (Fsp3) is 0.125. The van der Waals surface area contributed by atoms with E-state index in [9.17, 15) is 17.6 Å². The Morgan fingerprint density at radius 1 is 1.11 bits per heavy atom. The van der Waals surface area contributed by atoms with Crippen LogP contribution in [0, 0.1) is 11.6 Å². The van der Waals surface area contributed by atoms with Gasteiger partial charge in [0, 0.05) is 34.3 Å². The first kappa shape index (κ1) is 22.7. The van der Waals surface area contributed by atoms with Crippen molar-refractivity contribution in [2.45, 2.75) is 13.3 Å². The lowest BCUT2D eigenvalue weighted by Crippen LogP contribution is -2.18. The van der Waals surface area contributed by atoms with E-state index in [4.69, 9.17) is 0 Å². The van der Waals surface area contributed by atoms with Gasteiger partial charge in [-0.25, -0.2) is 22.2 Å². The van der Waals surface area contributed by atoms with Gasteiger partial charge in [0.05, 0.1) is 28.7 Å². The van der Waals surface area contributed by atoms with Gasteiger partial charge in [-0.1, -0.05) is 19.1 Å². The van der Waals surface area contributed by atoms with Gasteiger partial charge in [0.2, 0.25) is 15.8 Å². The third-order valence-electron chi connectivity index (χ3n) is 5.63. The van der Waals surface area contributed by atoms with Crippen molar-refractivity contribution < 1.29 is 22.0 Å². The number of nitrogens with zero attached hydrogens (tertiary/aromatic N) is 2. The Kier molecular flexibility index (Phi) is 5.56. The molecule has 2 aromatic carbocycles. The molecule has 0 atom stereocenters. The van der Waals surface area contributed by atoms with Crippen molar-refractivity contribution >= 4 is 43.4 Å². The number of benzene rings is 2. The number of pyridine rings is 1. The smallest absolute Gasteiger partial charge is 0.232 e. The van der Waals surface area contributed by atoms with E-state index in [1.165, 1.54) is 6.20 Å². The van der Waals surface area contributed by atoms with E-state index in [2.05, 4.69) is 24.9 Å². The molecule has 35 heavy (non-hydrogen) atoms. The Morgan fingerprint density at radius 3 is 2.74 bits per heavy atom. The molecule has 0 amide bonds. The van der Waals surface area contributed by atoms with Gasteiger partial charge in [-0.2, -0.15) is 5.10 Å². The van der Waals surface area contributed by atoms with Crippen molar-refractivity contribution in [1.82, 2.24) is 20.2 Å². The molecule has 0 radical (unpaired) electrons. The number of hydrogen-bond donors (Lipinski definition) is 3. The molecule has 8 nitrogen and oxygen atoms in total. The topological polar surface area (TPSA) is 121 Å². The predicted octanol–water partition coefficient (Wildman–Crippen LogP) is 4.77. The quantitative estimate of drug-likeness (QED) is 0.281. The molecule has 5 aromatic rings. The van der Waals surface area contributed by atoms with E-state index < -0.39 is 38.7 Å². The second-order valence-electron chi connectivity index (χ2n) is 7.99. The summed E-state index contributed by atoms with van der Waals surface area (Å²) >= 11 is 0. The van der Waals surface area contributed by atoms with Crippen LogP contribution >= 0.6 is 0 Å². The zero-order chi connectivity index (χ0) is 24.7. The summed E-state index contributed by atoms with van der Waals surface area (Å²) in [5.74, 6) is -3.57. The standard InChI is InChI=1S/C24H19F2N5O3S/c1-2-8-35(33,34)31-20-7-6-18(25)21(22(20)26)23(32)17-11-28-24-15(17)9-13(10-27-24)14-4-3-5-19-16(14)12-29-30-19/h3-7,9-12,31H,2,8H2,1H3,(H,27,28)(H,29,30). The highest BCUT2D eigenvalue weighted by molar-refractivity contribution is 7.92. The van der Waals surface area contributed by atoms with Crippen LogP contribution in [0.1, 0.15) is 29.3 Å². The minimum absolute atomic E-state index is 0.0000777. The maximum atomic E-state index is 15.2. The van der Waals surface area contributed by atoms with E-state index in [1.54, 1.807) is 25.4 Å². The molecule has 0 aliphatic rings. The molecular weight excluding hydrogens is 476 g/mol. The summed E-state index contributed by atoms with van der Waals surface area (Å²) in [5.41, 5.74) is 1.32. The van der Waals surface area contributed by atoms with Crippen molar-refractivity contribution in [1.29, 1.82) is 0 Å². The molecule has 5 rings (SSSR count). The number of ketones is 1. The number of sulfonamides is 1. The highest BCUT2D eigenvalue weighted by atomic mass is 32.2. The van der Waals surface area contributed by atoms with Crippen LogP contribution in [-0.4, -0.2) is 40.1 Å². The van der Waals surface area contributed by atoms with Gasteiger partial charge < -0.3 is 4.98 Å². The second-order valence-corrected chi connectivity index (χ2v) is 9.84. The van der Waals surface area contributed by atoms with E-state index >= 15 is 4.39 Å². The summed E-state index contributed by atoms with van der Waals surface area (Å²) in [7, 11) is -3.85. The molecule has 178 valence electrons. The maximum Gasteiger partial charge on any atom is 0.232 e. The molecule has 3 aromatic heterocycles. The van der Waals surface area contributed by atoms with Crippen molar-refractivity contribution in [3.63, 3.8) is 0 Å². The number of nitrogens with one attached hydrogen (secondary N) is 3. The molecular formula is C24H19F2N5O3S. The Balaban J connectivity index is 1.60. The highest BCUT2D eigenvalue weighted by Crippen LogP contribution is 2.32. The average Bonchev–Trinajstić information content (AvgIpc) is 3.47. The van der Waals surface area contributed by atoms with Crippen molar-refractivity contribution in [2.24, 2.45) is 0 Å². The number of carbonyl (C=O) groups is 1. The van der Waals surface area contributed by atoms with Gasteiger partial charge >= 0.3 is 0 Å². The number of carbonyl (C=O) groups excluding carboxylic acids is 1. The van der Waals surface area contributed by atoms with Crippen LogP contribution in [0.5, 0.6) is 0 Å². The van der Waals surface area contributed by atoms with E-state index in [0.29, 0.717) is 23.0 Å². The lowest BCUT2D eigenvalue weighted by molar-refractivity contribution is 0.103. The van der Waals surface area contributed by atoms with Crippen LogP contribution in [0.4, 0.5) is 14.5 Å². The SMILES string of the molecule is CCCS(=O)(=O)Nc1ccc(F)c(C(=O)c2c[nH]c3ncc(-c4cccc5[nH]ncc45)cc23)c1F. The van der Waals surface area contributed by atoms with Crippen LogP contribution in [0.3, 0.4) is 0 Å². The first-order valence-corrected chi connectivity index (χ1v) is 12.4. The van der Waals surface area contributed by atoms with E-state index in [-0.39, 0.29) is 11.3 Å². The van der Waals surface area contributed by atoms with Gasteiger partial charge in [0.1, 0.15) is 11.5 Å². The van der Waals surface area contributed by atoms with Crippen molar-refractivity contribution in [3.05, 3.63) is 77.8 Å². The number of halogens is 2. The lowest BCUT2D eigenvalue weighted by Gasteiger charge is -2.11. The number of anilines is 1. The molecule has 0 fully saturated rings. The number of H-pyrrole nitrogens is 2. The Morgan fingerprint density at radius 2 is 1.94 bits per heavy atom. The zero-order valence-electron chi connectivity index (χ0n) is 18.4. The van der Waals surface area contributed by atoms with Gasteiger partial charge in [-0.3, -0.25) is 14.6 Å². The van der Waals surface area contributed by atoms with Crippen LogP contribution in [0.2, 0.25) is 0 Å². The Labute approximate surface area is 198 Å². The molecule has 3 heterocycles. The molecule has 0 spiro atoms. The summed E-state index contributed by atoms with van der Waals surface area (Å²) in [6, 6.07) is 9.11. The number of hydrogen-bond acceptors (Lipinski definition) is 5. The lowest BCUT2D eigenvalue weighted by atomic mass is 9.99. The molecule has 11 heteroatoms. The van der Waals surface area contributed by atoms with Crippen LogP contribution in [0.25, 0.3) is 33.1 Å². The Bertz CT molecular complexity index is 1710. The van der Waals surface area contributed by atoms with Gasteiger partial charge in [-0.15, -0.1) is 0 Å². The third-order valence-corrected chi connectivity index (χ3v) is 7.10. The van der Waals surface area contributed by atoms with Crippen molar-refractivity contribution in [2.75, 3.05) is 10.5 Å². The molecule has 0 saturated heterocycles. The largest absolute Gasteiger partial charge is 0.345 e. The first-order chi connectivity index (χ1) is 16.8. The summed E-state index contributed by atoms with van der Waals surface area (Å²) in [6.07, 6.45) is 4.93. The van der Waals surface area contributed by atoms with E-state index in [1.807, 2.05) is 18.2 Å². The highest BCUT2D eigenvalue weighted by Gasteiger charge is 2.26. The summed E-state index contributed by atoms with van der Waals surface area (Å²) < 4.78 is 56.1. The average molecular weight is 496 g/mol. The van der Waals surface area contributed by atoms with Gasteiger partial charge in [0.25, 0.3) is 0 Å². The zero-order valence-corrected chi connectivity index (χ0v) is 19.2. The normalized spacial score (nSPS) is 11.9. The first-order valence-electron chi connectivity index (χ1n) is 10.7. The van der Waals surface area contributed by atoms with Crippen LogP contribution in [0.15, 0.2) is 55.0 Å². The maximum absolute atomic E-state index is 15.2.